The molecule has 144 valence electrons. The zero-order chi connectivity index (χ0) is 18.2. The summed E-state index contributed by atoms with van der Waals surface area (Å²) in [4.78, 5) is 19.5. The molecule has 2 N–H and O–H groups in total. The first-order valence-corrected chi connectivity index (χ1v) is 10.00. The third-order valence-corrected chi connectivity index (χ3v) is 5.89. The maximum Gasteiger partial charge on any atom is 0.263 e. The Morgan fingerprint density at radius 3 is 2.65 bits per heavy atom. The topological polar surface area (TPSA) is 90.9 Å². The first-order valence-electron chi connectivity index (χ1n) is 8.52. The second-order valence-electron chi connectivity index (χ2n) is 6.91. The molecule has 2 atom stereocenters. The van der Waals surface area contributed by atoms with E-state index in [-0.39, 0.29) is 41.0 Å². The number of halogens is 1. The summed E-state index contributed by atoms with van der Waals surface area (Å²) in [5.41, 5.74) is 0.523. The van der Waals surface area contributed by atoms with Gasteiger partial charge in [-0.05, 0) is 25.0 Å². The second-order valence-corrected chi connectivity index (χ2v) is 8.56. The highest BCUT2D eigenvalue weighted by Gasteiger charge is 2.34. The van der Waals surface area contributed by atoms with Crippen LogP contribution in [0.1, 0.15) is 26.3 Å². The fraction of sp³-hybridized carbons (Fsp3) is 0.529. The molecule has 26 heavy (non-hydrogen) atoms. The van der Waals surface area contributed by atoms with Gasteiger partial charge < -0.3 is 10.2 Å². The van der Waals surface area contributed by atoms with E-state index < -0.39 is 16.1 Å². The van der Waals surface area contributed by atoms with Crippen molar-refractivity contribution in [1.29, 1.82) is 0 Å². The van der Waals surface area contributed by atoms with E-state index in [1.54, 1.807) is 24.3 Å². The van der Waals surface area contributed by atoms with Crippen molar-refractivity contribution in [2.45, 2.75) is 37.8 Å². The van der Waals surface area contributed by atoms with Gasteiger partial charge in [-0.25, -0.2) is 8.42 Å². The Balaban J connectivity index is 0.00000243. The van der Waals surface area contributed by atoms with Crippen molar-refractivity contribution < 1.29 is 13.2 Å². The average Bonchev–Trinajstić information content (AvgIpc) is 2.83. The number of amidine groups is 1. The minimum absolute atomic E-state index is 0. The molecule has 0 radical (unpaired) electrons. The molecule has 7 nitrogen and oxygen atoms in total. The van der Waals surface area contributed by atoms with E-state index in [9.17, 15) is 13.2 Å². The lowest BCUT2D eigenvalue weighted by atomic mass is 10.0. The Kier molecular flexibility index (Phi) is 6.31. The Bertz CT molecular complexity index is 810. The highest BCUT2D eigenvalue weighted by atomic mass is 35.5. The molecule has 9 heteroatoms. The largest absolute Gasteiger partial charge is 0.338 e. The molecule has 0 bridgehead atoms. The summed E-state index contributed by atoms with van der Waals surface area (Å²) in [7, 11) is -3.60. The lowest BCUT2D eigenvalue weighted by Crippen LogP contribution is -2.54. The lowest BCUT2D eigenvalue weighted by molar-refractivity contribution is -0.134. The van der Waals surface area contributed by atoms with Gasteiger partial charge in [0.15, 0.2) is 0 Å². The monoisotopic (exact) mass is 400 g/mol. The number of sulfonamides is 1. The van der Waals surface area contributed by atoms with Crippen molar-refractivity contribution >= 4 is 34.2 Å². The maximum atomic E-state index is 13.0. The molecule has 1 amide bonds. The number of hydrogen-bond acceptors (Lipinski definition) is 5. The first kappa shape index (κ1) is 20.7. The van der Waals surface area contributed by atoms with E-state index in [2.05, 4.69) is 15.0 Å². The van der Waals surface area contributed by atoms with Crippen LogP contribution < -0.4 is 10.0 Å². The molecule has 2 aliphatic heterocycles. The number of amides is 1. The number of hydrogen-bond donors (Lipinski definition) is 2. The zero-order valence-corrected chi connectivity index (χ0v) is 16.7. The molecule has 0 aromatic heterocycles. The van der Waals surface area contributed by atoms with E-state index in [0.29, 0.717) is 18.7 Å². The van der Waals surface area contributed by atoms with Crippen LogP contribution in [0.4, 0.5) is 0 Å². The van der Waals surface area contributed by atoms with Crippen LogP contribution >= 0.6 is 12.4 Å². The molecular weight excluding hydrogens is 376 g/mol. The fourth-order valence-corrected chi connectivity index (χ4v) is 4.42. The van der Waals surface area contributed by atoms with Crippen molar-refractivity contribution in [3.05, 3.63) is 29.8 Å². The van der Waals surface area contributed by atoms with Gasteiger partial charge in [-0.15, -0.1) is 12.4 Å². The van der Waals surface area contributed by atoms with Crippen molar-refractivity contribution in [1.82, 2.24) is 14.9 Å². The highest BCUT2D eigenvalue weighted by molar-refractivity contribution is 7.90. The summed E-state index contributed by atoms with van der Waals surface area (Å²) in [5.74, 6) is 0.160. The van der Waals surface area contributed by atoms with Crippen LogP contribution in [0, 0.1) is 5.92 Å². The van der Waals surface area contributed by atoms with Crippen LogP contribution in [-0.4, -0.2) is 56.8 Å². The molecule has 0 aliphatic carbocycles. The molecule has 0 spiro atoms. The van der Waals surface area contributed by atoms with Gasteiger partial charge in [0.2, 0.25) is 5.91 Å². The summed E-state index contributed by atoms with van der Waals surface area (Å²) < 4.78 is 27.0. The molecule has 1 saturated heterocycles. The van der Waals surface area contributed by atoms with Crippen molar-refractivity contribution in [3.8, 4) is 0 Å². The summed E-state index contributed by atoms with van der Waals surface area (Å²) >= 11 is 0. The number of aliphatic imine (C=N–C) groups is 1. The van der Waals surface area contributed by atoms with Gasteiger partial charge in [0, 0.05) is 31.2 Å². The van der Waals surface area contributed by atoms with Gasteiger partial charge in [-0.1, -0.05) is 26.0 Å². The van der Waals surface area contributed by atoms with Gasteiger partial charge in [0.25, 0.3) is 10.0 Å². The van der Waals surface area contributed by atoms with E-state index in [0.717, 1.165) is 6.54 Å². The molecule has 0 saturated carbocycles. The Labute approximate surface area is 160 Å². The number of carbonyl (C=O) groups is 1. The van der Waals surface area contributed by atoms with Crippen LogP contribution in [0.5, 0.6) is 0 Å². The molecule has 2 aliphatic rings. The van der Waals surface area contributed by atoms with Crippen molar-refractivity contribution in [2.24, 2.45) is 10.9 Å². The Hall–Kier alpha value is -1.64. The molecule has 3 rings (SSSR count). The number of rotatable bonds is 3. The van der Waals surface area contributed by atoms with E-state index in [1.807, 2.05) is 25.7 Å². The number of carbonyl (C=O) groups excluding carboxylic acids is 1. The lowest BCUT2D eigenvalue weighted by Gasteiger charge is -2.34. The van der Waals surface area contributed by atoms with Gasteiger partial charge in [0.05, 0.1) is 4.90 Å². The third-order valence-electron chi connectivity index (χ3n) is 4.50. The van der Waals surface area contributed by atoms with Crippen LogP contribution in [0.25, 0.3) is 0 Å². The fourth-order valence-electron chi connectivity index (χ4n) is 3.18. The predicted molar refractivity (Wildman–Crippen MR) is 103 cm³/mol. The SMILES string of the molecule is CC(C)[C@H](N=C1NS(=O)(=O)c2ccccc21)C(=O)N1CCN[C@H](C)C1.Cl. The van der Waals surface area contributed by atoms with Crippen LogP contribution in [0.15, 0.2) is 34.2 Å². The zero-order valence-electron chi connectivity index (χ0n) is 15.1. The van der Waals surface area contributed by atoms with Gasteiger partial charge >= 0.3 is 0 Å². The summed E-state index contributed by atoms with van der Waals surface area (Å²) in [5, 5.41) is 3.31. The second kappa shape index (κ2) is 7.94. The summed E-state index contributed by atoms with van der Waals surface area (Å²) in [6, 6.07) is 6.32. The van der Waals surface area contributed by atoms with Gasteiger partial charge in [0.1, 0.15) is 11.9 Å². The Morgan fingerprint density at radius 2 is 2.00 bits per heavy atom. The first-order chi connectivity index (χ1) is 11.8. The molecule has 1 fully saturated rings. The minimum Gasteiger partial charge on any atom is -0.338 e. The Morgan fingerprint density at radius 1 is 1.31 bits per heavy atom. The molecule has 1 aromatic carbocycles. The minimum atomic E-state index is -3.60. The third kappa shape index (κ3) is 4.02. The number of piperazine rings is 1. The highest BCUT2D eigenvalue weighted by Crippen LogP contribution is 2.24. The quantitative estimate of drug-likeness (QED) is 0.791. The average molecular weight is 401 g/mol. The molecule has 2 heterocycles. The van der Waals surface area contributed by atoms with E-state index in [4.69, 9.17) is 0 Å². The summed E-state index contributed by atoms with van der Waals surface area (Å²) in [6.45, 7) is 7.91. The van der Waals surface area contributed by atoms with Crippen molar-refractivity contribution in [2.75, 3.05) is 19.6 Å². The van der Waals surface area contributed by atoms with Crippen LogP contribution in [0.3, 0.4) is 0 Å². The smallest absolute Gasteiger partial charge is 0.263 e. The summed E-state index contributed by atoms with van der Waals surface area (Å²) in [6.07, 6.45) is 0. The van der Waals surface area contributed by atoms with E-state index >= 15 is 0 Å². The standard InChI is InChI=1S/C17H24N4O3S.ClH/c1-11(2)15(17(22)21-9-8-18-12(3)10-21)19-16-13-6-4-5-7-14(13)25(23,24)20-16;/h4-7,11-12,15,18H,8-10H2,1-3H3,(H,19,20);1H/t12-,15+;/m1./s1. The maximum absolute atomic E-state index is 13.0. The van der Waals surface area contributed by atoms with Crippen LogP contribution in [0.2, 0.25) is 0 Å². The number of benzene rings is 1. The predicted octanol–water partition coefficient (Wildman–Crippen LogP) is 0.992. The van der Waals surface area contributed by atoms with Crippen molar-refractivity contribution in [3.63, 3.8) is 0 Å². The van der Waals surface area contributed by atoms with Crippen LogP contribution in [-0.2, 0) is 14.8 Å². The number of nitrogens with zero attached hydrogens (tertiary/aromatic N) is 2. The van der Waals surface area contributed by atoms with E-state index in [1.165, 1.54) is 0 Å². The number of fused-ring (bicyclic) bond motifs is 1. The van der Waals surface area contributed by atoms with Gasteiger partial charge in [-0.3, -0.25) is 14.5 Å². The molecular formula is C17H25ClN4O3S. The number of nitrogens with one attached hydrogen (secondary N) is 2. The van der Waals surface area contributed by atoms with Gasteiger partial charge in [-0.2, -0.15) is 0 Å². The molecule has 0 unspecified atom stereocenters. The normalized spacial score (nSPS) is 23.9. The molecule has 1 aromatic rings.